The van der Waals surface area contributed by atoms with Gasteiger partial charge in [-0.3, -0.25) is 4.55 Å². The summed E-state index contributed by atoms with van der Waals surface area (Å²) in [4.78, 5) is -0.576. The van der Waals surface area contributed by atoms with Gasteiger partial charge >= 0.3 is 10.1 Å². The molecule has 0 unspecified atom stereocenters. The Morgan fingerprint density at radius 3 is 2.07 bits per heavy atom. The molecule has 154 valence electrons. The van der Waals surface area contributed by atoms with Crippen LogP contribution in [0.4, 0.5) is 0 Å². The Morgan fingerprint density at radius 1 is 0.857 bits per heavy atom. The maximum absolute atomic E-state index is 11.8. The molecule has 0 aliphatic heterocycles. The van der Waals surface area contributed by atoms with Gasteiger partial charge in [0.05, 0.1) is 0 Å². The van der Waals surface area contributed by atoms with E-state index in [1.54, 1.807) is 36.4 Å². The number of aryl methyl sites for hydroxylation is 1. The number of rotatable bonds is 12. The van der Waals surface area contributed by atoms with Crippen LogP contribution in [-0.2, 0) is 16.5 Å². The number of unbranched alkanes of at least 4 members (excludes halogenated alkanes) is 7. The van der Waals surface area contributed by atoms with E-state index < -0.39 is 20.8 Å². The summed E-state index contributed by atoms with van der Waals surface area (Å²) in [5.74, 6) is -0.104. The van der Waals surface area contributed by atoms with Crippen molar-refractivity contribution in [3.05, 3.63) is 48.0 Å². The van der Waals surface area contributed by atoms with Crippen LogP contribution in [0.15, 0.2) is 47.4 Å². The van der Waals surface area contributed by atoms with Crippen molar-refractivity contribution >= 4 is 10.1 Å². The molecule has 2 N–H and O–H groups in total. The Bertz CT molecular complexity index is 832. The number of aromatic hydroxyl groups is 1. The van der Waals surface area contributed by atoms with E-state index >= 15 is 0 Å². The highest BCUT2D eigenvalue weighted by atomic mass is 32.2. The van der Waals surface area contributed by atoms with E-state index in [9.17, 15) is 18.1 Å². The zero-order valence-corrected chi connectivity index (χ0v) is 17.2. The van der Waals surface area contributed by atoms with E-state index in [4.69, 9.17) is 4.74 Å². The van der Waals surface area contributed by atoms with Gasteiger partial charge in [0, 0.05) is 0 Å². The highest BCUT2D eigenvalue weighted by Crippen LogP contribution is 2.38. The summed E-state index contributed by atoms with van der Waals surface area (Å²) in [5, 5.41) is 10.5. The first kappa shape index (κ1) is 22.2. The normalized spacial score (nSPS) is 11.5. The van der Waals surface area contributed by atoms with Crippen molar-refractivity contribution in [2.24, 2.45) is 0 Å². The molecule has 0 fully saturated rings. The highest BCUT2D eigenvalue weighted by molar-refractivity contribution is 7.86. The molecule has 2 rings (SSSR count). The average molecular weight is 407 g/mol. The van der Waals surface area contributed by atoms with Crippen LogP contribution in [0.25, 0.3) is 0 Å². The summed E-state index contributed by atoms with van der Waals surface area (Å²) in [7, 11) is -4.63. The van der Waals surface area contributed by atoms with Crippen LogP contribution in [0.3, 0.4) is 0 Å². The van der Waals surface area contributed by atoms with Crippen molar-refractivity contribution in [2.45, 2.75) is 69.6 Å². The van der Waals surface area contributed by atoms with Gasteiger partial charge in [-0.05, 0) is 36.6 Å². The lowest BCUT2D eigenvalue weighted by Gasteiger charge is -2.14. The van der Waals surface area contributed by atoms with Gasteiger partial charge in [-0.25, -0.2) is 0 Å². The number of para-hydroxylation sites is 1. The summed E-state index contributed by atoms with van der Waals surface area (Å²) < 4.78 is 38.8. The van der Waals surface area contributed by atoms with E-state index in [-0.39, 0.29) is 5.75 Å². The largest absolute Gasteiger partial charge is 0.506 e. The van der Waals surface area contributed by atoms with Crippen molar-refractivity contribution in [3.63, 3.8) is 0 Å². The van der Waals surface area contributed by atoms with Crippen LogP contribution in [0, 0.1) is 0 Å². The highest BCUT2D eigenvalue weighted by Gasteiger charge is 2.24. The Kier molecular flexibility index (Phi) is 8.80. The van der Waals surface area contributed by atoms with Crippen molar-refractivity contribution in [2.75, 3.05) is 0 Å². The SMILES string of the molecule is CCCCCCCCCCc1ccc(Oc2ccccc2)c(S(=O)(=O)O)c1O. The minimum Gasteiger partial charge on any atom is -0.506 e. The fourth-order valence-corrected chi connectivity index (χ4v) is 3.93. The minimum absolute atomic E-state index is 0.0918. The average Bonchev–Trinajstić information content (AvgIpc) is 2.65. The topological polar surface area (TPSA) is 83.8 Å². The van der Waals surface area contributed by atoms with E-state index in [2.05, 4.69) is 6.92 Å². The number of phenols is 1. The van der Waals surface area contributed by atoms with Crippen LogP contribution in [-0.4, -0.2) is 18.1 Å². The van der Waals surface area contributed by atoms with E-state index in [1.165, 1.54) is 38.2 Å². The molecule has 0 aliphatic rings. The second-order valence-corrected chi connectivity index (χ2v) is 8.37. The van der Waals surface area contributed by atoms with Crippen LogP contribution in [0.2, 0.25) is 0 Å². The Hall–Kier alpha value is -2.05. The molecule has 0 aromatic heterocycles. The molecule has 5 nitrogen and oxygen atoms in total. The predicted molar refractivity (Wildman–Crippen MR) is 111 cm³/mol. The summed E-state index contributed by atoms with van der Waals surface area (Å²) in [6.45, 7) is 2.20. The van der Waals surface area contributed by atoms with Crippen molar-refractivity contribution < 1.29 is 22.8 Å². The van der Waals surface area contributed by atoms with Gasteiger partial charge in [-0.15, -0.1) is 0 Å². The maximum Gasteiger partial charge on any atom is 0.301 e. The van der Waals surface area contributed by atoms with Crippen molar-refractivity contribution in [1.29, 1.82) is 0 Å². The van der Waals surface area contributed by atoms with Gasteiger partial charge in [0.1, 0.15) is 11.5 Å². The summed E-state index contributed by atoms with van der Waals surface area (Å²) in [6, 6.07) is 11.8. The molecular formula is C22H30O5S. The van der Waals surface area contributed by atoms with Crippen LogP contribution in [0.5, 0.6) is 17.2 Å². The second-order valence-electron chi connectivity index (χ2n) is 7.02. The Balaban J connectivity index is 2.02. The summed E-state index contributed by atoms with van der Waals surface area (Å²) in [6.07, 6.45) is 9.80. The monoisotopic (exact) mass is 406 g/mol. The summed E-state index contributed by atoms with van der Waals surface area (Å²) >= 11 is 0. The van der Waals surface area contributed by atoms with E-state index in [1.807, 2.05) is 0 Å². The molecule has 0 heterocycles. The smallest absolute Gasteiger partial charge is 0.301 e. The number of phenolic OH excluding ortho intramolecular Hbond substituents is 1. The maximum atomic E-state index is 11.8. The van der Waals surface area contributed by atoms with Gasteiger partial charge in [0.15, 0.2) is 10.6 Å². The first-order valence-electron chi connectivity index (χ1n) is 9.98. The predicted octanol–water partition coefficient (Wildman–Crippen LogP) is 6.11. The van der Waals surface area contributed by atoms with Gasteiger partial charge in [0.2, 0.25) is 0 Å². The van der Waals surface area contributed by atoms with E-state index in [0.717, 1.165) is 19.3 Å². The quantitative estimate of drug-likeness (QED) is 0.328. The van der Waals surface area contributed by atoms with E-state index in [0.29, 0.717) is 17.7 Å². The lowest BCUT2D eigenvalue weighted by Crippen LogP contribution is -2.04. The van der Waals surface area contributed by atoms with Crippen LogP contribution < -0.4 is 4.74 Å². The lowest BCUT2D eigenvalue weighted by molar-refractivity contribution is 0.410. The molecule has 6 heteroatoms. The van der Waals surface area contributed by atoms with Gasteiger partial charge in [0.25, 0.3) is 0 Å². The molecule has 0 aliphatic carbocycles. The molecule has 0 atom stereocenters. The summed E-state index contributed by atoms with van der Waals surface area (Å²) in [5.41, 5.74) is 0.499. The standard InChI is InChI=1S/C22H30O5S/c1-2-3-4-5-6-7-8-10-13-18-16-17-20(22(21(18)23)28(24,25)26)27-19-14-11-9-12-15-19/h9,11-12,14-17,23H,2-8,10,13H2,1H3,(H,24,25,26). The molecule has 0 spiro atoms. The molecule has 0 saturated heterocycles. The van der Waals surface area contributed by atoms with Crippen LogP contribution >= 0.6 is 0 Å². The van der Waals surface area contributed by atoms with Crippen molar-refractivity contribution in [3.8, 4) is 17.2 Å². The molecule has 28 heavy (non-hydrogen) atoms. The molecule has 0 bridgehead atoms. The van der Waals surface area contributed by atoms with Crippen LogP contribution in [0.1, 0.15) is 63.9 Å². The zero-order valence-electron chi connectivity index (χ0n) is 16.4. The van der Waals surface area contributed by atoms with Gasteiger partial charge in [-0.2, -0.15) is 8.42 Å². The number of benzene rings is 2. The Labute approximate surface area is 168 Å². The molecule has 2 aromatic rings. The number of hydrogen-bond acceptors (Lipinski definition) is 4. The number of hydrogen-bond donors (Lipinski definition) is 2. The molecule has 2 aromatic carbocycles. The third-order valence-electron chi connectivity index (χ3n) is 4.71. The van der Waals surface area contributed by atoms with Gasteiger partial charge in [-0.1, -0.05) is 76.1 Å². The fourth-order valence-electron chi connectivity index (χ4n) is 3.19. The molecule has 0 saturated carbocycles. The molecular weight excluding hydrogens is 376 g/mol. The van der Waals surface area contributed by atoms with Crippen molar-refractivity contribution in [1.82, 2.24) is 0 Å². The second kappa shape index (κ2) is 11.1. The third kappa shape index (κ3) is 6.84. The van der Waals surface area contributed by atoms with Gasteiger partial charge < -0.3 is 9.84 Å². The lowest BCUT2D eigenvalue weighted by atomic mass is 10.0. The first-order valence-corrected chi connectivity index (χ1v) is 11.4. The Morgan fingerprint density at radius 2 is 1.46 bits per heavy atom. The molecule has 0 amide bonds. The molecule has 0 radical (unpaired) electrons. The number of ether oxygens (including phenoxy) is 1. The minimum atomic E-state index is -4.63. The third-order valence-corrected chi connectivity index (χ3v) is 5.62. The fraction of sp³-hybridized carbons (Fsp3) is 0.455. The first-order chi connectivity index (χ1) is 13.4. The zero-order chi connectivity index (χ0) is 20.4.